The van der Waals surface area contributed by atoms with Crippen LogP contribution in [0, 0.1) is 13.8 Å². The number of thiophene rings is 1. The number of thioether (sulfide) groups is 1. The molecule has 0 saturated carbocycles. The van der Waals surface area contributed by atoms with Gasteiger partial charge in [0.25, 0.3) is 5.91 Å². The first-order valence-electron chi connectivity index (χ1n) is 12.9. The molecule has 2 aromatic heterocycles. The van der Waals surface area contributed by atoms with Crippen LogP contribution in [0.1, 0.15) is 57.5 Å². The molecule has 38 heavy (non-hydrogen) atoms. The quantitative estimate of drug-likeness (QED) is 0.261. The summed E-state index contributed by atoms with van der Waals surface area (Å²) in [5, 5.41) is 11.5. The third-order valence-corrected chi connectivity index (χ3v) is 9.14. The molecule has 5 rings (SSSR count). The van der Waals surface area contributed by atoms with E-state index in [4.69, 9.17) is 9.73 Å². The van der Waals surface area contributed by atoms with Crippen LogP contribution in [0.25, 0.3) is 11.1 Å². The van der Waals surface area contributed by atoms with Crippen molar-refractivity contribution in [3.8, 4) is 5.00 Å². The second-order valence-electron chi connectivity index (χ2n) is 9.35. The molecule has 1 aliphatic carbocycles. The summed E-state index contributed by atoms with van der Waals surface area (Å²) in [7, 11) is 0. The molecule has 1 aromatic carbocycles. The summed E-state index contributed by atoms with van der Waals surface area (Å²) in [5.41, 5.74) is 4.95. The zero-order valence-electron chi connectivity index (χ0n) is 21.8. The highest BCUT2D eigenvalue weighted by atomic mass is 32.2. The lowest BCUT2D eigenvalue weighted by atomic mass is 9.95. The number of carboxylic acid groups (broad SMARTS) is 1. The van der Waals surface area contributed by atoms with Crippen LogP contribution in [-0.4, -0.2) is 51.4 Å². The van der Waals surface area contributed by atoms with Gasteiger partial charge in [0.1, 0.15) is 5.00 Å². The number of benzene rings is 1. The third kappa shape index (κ3) is 5.10. The van der Waals surface area contributed by atoms with Crippen molar-refractivity contribution in [2.24, 2.45) is 4.99 Å². The van der Waals surface area contributed by atoms with Crippen molar-refractivity contribution in [1.82, 2.24) is 9.47 Å². The predicted octanol–water partition coefficient (Wildman–Crippen LogP) is 6.37. The molecule has 0 radical (unpaired) electrons. The van der Waals surface area contributed by atoms with Crippen molar-refractivity contribution in [1.29, 1.82) is 0 Å². The number of aromatic carboxylic acids is 1. The summed E-state index contributed by atoms with van der Waals surface area (Å²) in [6.07, 6.45) is 5.77. The number of rotatable bonds is 8. The lowest BCUT2D eigenvalue weighted by Gasteiger charge is -2.15. The number of carboxylic acids is 1. The van der Waals surface area contributed by atoms with Crippen molar-refractivity contribution in [3.05, 3.63) is 74.3 Å². The van der Waals surface area contributed by atoms with E-state index in [2.05, 4.69) is 0 Å². The zero-order valence-corrected chi connectivity index (χ0v) is 23.5. The monoisotopic (exact) mass is 549 g/mol. The predicted molar refractivity (Wildman–Crippen MR) is 154 cm³/mol. The lowest BCUT2D eigenvalue weighted by Crippen LogP contribution is -2.32. The van der Waals surface area contributed by atoms with E-state index in [0.717, 1.165) is 58.9 Å². The number of hydrogen-bond donors (Lipinski definition) is 1. The molecule has 1 fully saturated rings. The number of hydrogen-bond acceptors (Lipinski definition) is 6. The van der Waals surface area contributed by atoms with Gasteiger partial charge in [-0.1, -0.05) is 18.2 Å². The highest BCUT2D eigenvalue weighted by Gasteiger charge is 2.34. The Morgan fingerprint density at radius 2 is 1.95 bits per heavy atom. The average Bonchev–Trinajstić information content (AvgIpc) is 3.51. The van der Waals surface area contributed by atoms with Gasteiger partial charge in [-0.3, -0.25) is 9.69 Å². The molecule has 3 heterocycles. The van der Waals surface area contributed by atoms with E-state index in [9.17, 15) is 14.7 Å². The molecule has 1 amide bonds. The van der Waals surface area contributed by atoms with Crippen molar-refractivity contribution < 1.29 is 19.4 Å². The van der Waals surface area contributed by atoms with Gasteiger partial charge >= 0.3 is 5.97 Å². The Labute approximate surface area is 230 Å². The van der Waals surface area contributed by atoms with Gasteiger partial charge in [-0.05, 0) is 93.6 Å². The number of carbonyl (C=O) groups is 2. The van der Waals surface area contributed by atoms with E-state index in [1.165, 1.54) is 16.6 Å². The second kappa shape index (κ2) is 11.3. The first kappa shape index (κ1) is 26.5. The van der Waals surface area contributed by atoms with Crippen molar-refractivity contribution in [2.45, 2.75) is 46.5 Å². The molecule has 198 valence electrons. The summed E-state index contributed by atoms with van der Waals surface area (Å²) in [5.74, 6) is -0.980. The Kier molecular flexibility index (Phi) is 7.88. The lowest BCUT2D eigenvalue weighted by molar-refractivity contribution is -0.122. The van der Waals surface area contributed by atoms with Crippen LogP contribution >= 0.6 is 23.1 Å². The largest absolute Gasteiger partial charge is 0.478 e. The number of aryl methyl sites for hydroxylation is 2. The van der Waals surface area contributed by atoms with Gasteiger partial charge < -0.3 is 14.4 Å². The molecular weight excluding hydrogens is 518 g/mol. The number of nitrogens with zero attached hydrogens (tertiary/aromatic N) is 3. The SMILES string of the molecule is CCOCCN1C(=O)/C(=C/c2cc(C)n(-c3sc4c(c3C(=O)O)CCCC4)c2C)SC1=Nc1ccccc1. The van der Waals surface area contributed by atoms with Gasteiger partial charge in [0, 0.05) is 22.9 Å². The van der Waals surface area contributed by atoms with Gasteiger partial charge in [0.2, 0.25) is 0 Å². The summed E-state index contributed by atoms with van der Waals surface area (Å²) in [6, 6.07) is 11.6. The molecule has 9 heteroatoms. The fourth-order valence-corrected chi connectivity index (χ4v) is 7.53. The van der Waals surface area contributed by atoms with Crippen LogP contribution in [0.4, 0.5) is 5.69 Å². The topological polar surface area (TPSA) is 84.1 Å². The molecular formula is C29H31N3O4S2. The number of fused-ring (bicyclic) bond motifs is 1. The van der Waals surface area contributed by atoms with E-state index in [1.54, 1.807) is 16.2 Å². The minimum atomic E-state index is -0.875. The van der Waals surface area contributed by atoms with Crippen LogP contribution in [0.2, 0.25) is 0 Å². The second-order valence-corrected chi connectivity index (χ2v) is 11.4. The van der Waals surface area contributed by atoms with Crippen LogP contribution in [0.3, 0.4) is 0 Å². The molecule has 1 saturated heterocycles. The molecule has 1 aliphatic heterocycles. The standard InChI is InChI=1S/C29H31N3O4S2/c1-4-36-15-14-31-26(33)24(38-29(31)30-21-10-6-5-7-11-21)17-20-16-18(2)32(19(20)3)27-25(28(34)35)22-12-8-9-13-23(22)37-27/h5-7,10-11,16-17H,4,8-9,12-15H2,1-3H3,(H,34,35)/b24-17-,30-29?. The molecule has 7 nitrogen and oxygen atoms in total. The molecule has 2 aliphatic rings. The van der Waals surface area contributed by atoms with Crippen molar-refractivity contribution in [3.63, 3.8) is 0 Å². The van der Waals surface area contributed by atoms with Crippen LogP contribution in [0.5, 0.6) is 0 Å². The minimum absolute atomic E-state index is 0.105. The van der Waals surface area contributed by atoms with E-state index in [-0.39, 0.29) is 5.91 Å². The van der Waals surface area contributed by atoms with Crippen molar-refractivity contribution in [2.75, 3.05) is 19.8 Å². The smallest absolute Gasteiger partial charge is 0.339 e. The van der Waals surface area contributed by atoms with Crippen molar-refractivity contribution >= 4 is 51.9 Å². The molecule has 0 unspecified atom stereocenters. The Morgan fingerprint density at radius 3 is 2.68 bits per heavy atom. The number of amides is 1. The molecule has 1 N–H and O–H groups in total. The van der Waals surface area contributed by atoms with Crippen LogP contribution < -0.4 is 0 Å². The van der Waals surface area contributed by atoms with E-state index < -0.39 is 5.97 Å². The zero-order chi connectivity index (χ0) is 26.8. The molecule has 0 bridgehead atoms. The summed E-state index contributed by atoms with van der Waals surface area (Å²) >= 11 is 2.95. The number of carbonyl (C=O) groups excluding carboxylic acids is 1. The number of para-hydroxylation sites is 1. The highest BCUT2D eigenvalue weighted by Crippen LogP contribution is 2.40. The Hall–Kier alpha value is -3.14. The third-order valence-electron chi connectivity index (χ3n) is 6.86. The summed E-state index contributed by atoms with van der Waals surface area (Å²) in [6.45, 7) is 7.34. The maximum Gasteiger partial charge on any atom is 0.339 e. The summed E-state index contributed by atoms with van der Waals surface area (Å²) < 4.78 is 7.56. The fourth-order valence-electron chi connectivity index (χ4n) is 5.02. The maximum absolute atomic E-state index is 13.5. The maximum atomic E-state index is 13.5. The average molecular weight is 550 g/mol. The number of aromatic nitrogens is 1. The van der Waals surface area contributed by atoms with E-state index in [1.807, 2.05) is 67.8 Å². The van der Waals surface area contributed by atoms with Gasteiger partial charge in [0.05, 0.1) is 29.3 Å². The van der Waals surface area contributed by atoms with Crippen LogP contribution in [-0.2, 0) is 22.4 Å². The first-order valence-corrected chi connectivity index (χ1v) is 14.5. The fraction of sp³-hybridized carbons (Fsp3) is 0.345. The molecule has 0 atom stereocenters. The molecule has 0 spiro atoms. The number of ether oxygens (including phenoxy) is 1. The highest BCUT2D eigenvalue weighted by molar-refractivity contribution is 8.18. The Morgan fingerprint density at radius 1 is 1.18 bits per heavy atom. The van der Waals surface area contributed by atoms with E-state index >= 15 is 0 Å². The van der Waals surface area contributed by atoms with Gasteiger partial charge in [-0.25, -0.2) is 9.79 Å². The van der Waals surface area contributed by atoms with Crippen LogP contribution in [0.15, 0.2) is 46.3 Å². The minimum Gasteiger partial charge on any atom is -0.478 e. The number of aliphatic imine (C=N–C) groups is 1. The normalized spacial score (nSPS) is 17.6. The Balaban J connectivity index is 1.52. The van der Waals surface area contributed by atoms with Gasteiger partial charge in [-0.15, -0.1) is 11.3 Å². The first-order chi connectivity index (χ1) is 18.4. The number of amidine groups is 1. The van der Waals surface area contributed by atoms with Gasteiger partial charge in [0.15, 0.2) is 5.17 Å². The Bertz CT molecular complexity index is 1440. The van der Waals surface area contributed by atoms with Gasteiger partial charge in [-0.2, -0.15) is 0 Å². The summed E-state index contributed by atoms with van der Waals surface area (Å²) in [4.78, 5) is 34.0. The molecule has 3 aromatic rings. The van der Waals surface area contributed by atoms with E-state index in [0.29, 0.717) is 35.4 Å².